The number of hydrogen-bond acceptors (Lipinski definition) is 2. The first-order valence-corrected chi connectivity index (χ1v) is 7.64. The summed E-state index contributed by atoms with van der Waals surface area (Å²) < 4.78 is 5.73. The van der Waals surface area contributed by atoms with E-state index in [0.717, 1.165) is 12.2 Å². The van der Waals surface area contributed by atoms with Crippen molar-refractivity contribution in [2.24, 2.45) is 5.41 Å². The van der Waals surface area contributed by atoms with E-state index in [2.05, 4.69) is 59.0 Å². The van der Waals surface area contributed by atoms with Crippen LogP contribution in [0.3, 0.4) is 0 Å². The zero-order valence-corrected chi connectivity index (χ0v) is 14.2. The fourth-order valence-electron chi connectivity index (χ4n) is 3.17. The molecule has 0 aromatic heterocycles. The second kappa shape index (κ2) is 6.62. The maximum absolute atomic E-state index is 5.73. The van der Waals surface area contributed by atoms with Crippen LogP contribution in [0.5, 0.6) is 5.75 Å². The van der Waals surface area contributed by atoms with Crippen molar-refractivity contribution in [3.05, 3.63) is 29.8 Å². The third kappa shape index (κ3) is 5.54. The van der Waals surface area contributed by atoms with Crippen molar-refractivity contribution in [3.63, 3.8) is 0 Å². The molecule has 0 bridgehead atoms. The van der Waals surface area contributed by atoms with Crippen molar-refractivity contribution in [3.8, 4) is 5.75 Å². The molecule has 0 aliphatic carbocycles. The van der Waals surface area contributed by atoms with Crippen molar-refractivity contribution in [2.45, 2.75) is 66.5 Å². The molecule has 1 aromatic rings. The molecular formula is C18H31NO. The lowest BCUT2D eigenvalue weighted by molar-refractivity contribution is 0.225. The number of para-hydroxylation sites is 1. The summed E-state index contributed by atoms with van der Waals surface area (Å²) in [4.78, 5) is 0. The van der Waals surface area contributed by atoms with Crippen molar-refractivity contribution in [2.75, 3.05) is 6.61 Å². The fourth-order valence-corrected chi connectivity index (χ4v) is 3.17. The van der Waals surface area contributed by atoms with Crippen LogP contribution in [0, 0.1) is 5.41 Å². The fraction of sp³-hybridized carbons (Fsp3) is 0.667. The lowest BCUT2D eigenvalue weighted by atomic mass is 9.81. The molecule has 0 aliphatic heterocycles. The van der Waals surface area contributed by atoms with E-state index in [0.29, 0.717) is 12.0 Å². The third-order valence-corrected chi connectivity index (χ3v) is 3.26. The number of ether oxygens (including phenoxy) is 1. The maximum atomic E-state index is 5.73. The highest BCUT2D eigenvalue weighted by molar-refractivity contribution is 5.35. The molecule has 1 atom stereocenters. The van der Waals surface area contributed by atoms with E-state index in [4.69, 9.17) is 4.74 Å². The van der Waals surface area contributed by atoms with Gasteiger partial charge < -0.3 is 10.1 Å². The minimum absolute atomic E-state index is 0.0942. The van der Waals surface area contributed by atoms with Gasteiger partial charge in [-0.3, -0.25) is 0 Å². The largest absolute Gasteiger partial charge is 0.494 e. The predicted molar refractivity (Wildman–Crippen MR) is 87.3 cm³/mol. The van der Waals surface area contributed by atoms with E-state index < -0.39 is 0 Å². The molecule has 2 heteroatoms. The first-order valence-electron chi connectivity index (χ1n) is 7.64. The normalized spacial score (nSPS) is 14.2. The molecule has 1 unspecified atom stereocenters. The van der Waals surface area contributed by atoms with Gasteiger partial charge in [-0.15, -0.1) is 0 Å². The standard InChI is InChI=1S/C18H31NO/c1-8-20-16-12-10-9-11-15(16)14(2)19-18(6,7)13-17(3,4)5/h9-12,14,19H,8,13H2,1-7H3. The smallest absolute Gasteiger partial charge is 0.124 e. The van der Waals surface area contributed by atoms with Crippen LogP contribution >= 0.6 is 0 Å². The van der Waals surface area contributed by atoms with Crippen LogP contribution in [-0.2, 0) is 0 Å². The van der Waals surface area contributed by atoms with Gasteiger partial charge >= 0.3 is 0 Å². The van der Waals surface area contributed by atoms with Crippen LogP contribution < -0.4 is 10.1 Å². The minimum atomic E-state index is 0.0942. The van der Waals surface area contributed by atoms with Crippen molar-refractivity contribution >= 4 is 0 Å². The Morgan fingerprint density at radius 3 is 2.25 bits per heavy atom. The Hall–Kier alpha value is -1.02. The predicted octanol–water partition coefficient (Wildman–Crippen LogP) is 4.95. The van der Waals surface area contributed by atoms with Crippen LogP contribution in [0.2, 0.25) is 0 Å². The quantitative estimate of drug-likeness (QED) is 0.794. The van der Waals surface area contributed by atoms with Gasteiger partial charge in [-0.2, -0.15) is 0 Å². The maximum Gasteiger partial charge on any atom is 0.124 e. The number of rotatable bonds is 6. The van der Waals surface area contributed by atoms with Gasteiger partial charge in [0.1, 0.15) is 5.75 Å². The summed E-state index contributed by atoms with van der Waals surface area (Å²) in [5.41, 5.74) is 1.64. The van der Waals surface area contributed by atoms with Crippen LogP contribution in [0.4, 0.5) is 0 Å². The van der Waals surface area contributed by atoms with Crippen molar-refractivity contribution < 1.29 is 4.74 Å². The van der Waals surface area contributed by atoms with E-state index in [1.807, 2.05) is 19.1 Å². The molecule has 0 radical (unpaired) electrons. The Morgan fingerprint density at radius 2 is 1.70 bits per heavy atom. The SMILES string of the molecule is CCOc1ccccc1C(C)NC(C)(C)CC(C)(C)C. The molecule has 0 amide bonds. The molecule has 1 rings (SSSR count). The van der Waals surface area contributed by atoms with Crippen LogP contribution in [0.15, 0.2) is 24.3 Å². The lowest BCUT2D eigenvalue weighted by Gasteiger charge is -2.36. The van der Waals surface area contributed by atoms with E-state index in [-0.39, 0.29) is 11.6 Å². The van der Waals surface area contributed by atoms with Crippen LogP contribution in [0.25, 0.3) is 0 Å². The monoisotopic (exact) mass is 277 g/mol. The van der Waals surface area contributed by atoms with Gasteiger partial charge in [-0.05, 0) is 45.6 Å². The molecule has 1 N–H and O–H groups in total. The Bertz CT molecular complexity index is 418. The van der Waals surface area contributed by atoms with Gasteiger partial charge in [-0.1, -0.05) is 39.0 Å². The summed E-state index contributed by atoms with van der Waals surface area (Å²) >= 11 is 0. The van der Waals surface area contributed by atoms with E-state index in [1.54, 1.807) is 0 Å². The summed E-state index contributed by atoms with van der Waals surface area (Å²) in [5.74, 6) is 0.988. The molecule has 0 spiro atoms. The molecule has 0 saturated carbocycles. The molecule has 1 aromatic carbocycles. The van der Waals surface area contributed by atoms with Crippen molar-refractivity contribution in [1.29, 1.82) is 0 Å². The summed E-state index contributed by atoms with van der Waals surface area (Å²) in [6, 6.07) is 8.58. The molecule has 2 nitrogen and oxygen atoms in total. The molecule has 114 valence electrons. The van der Waals surface area contributed by atoms with Crippen LogP contribution in [-0.4, -0.2) is 12.1 Å². The summed E-state index contributed by atoms with van der Waals surface area (Å²) in [5, 5.41) is 3.75. The molecule has 0 aliphatic rings. The summed E-state index contributed by atoms with van der Waals surface area (Å²) in [6.07, 6.45) is 1.13. The Kier molecular flexibility index (Phi) is 5.64. The van der Waals surface area contributed by atoms with Gasteiger partial charge in [-0.25, -0.2) is 0 Å². The molecular weight excluding hydrogens is 246 g/mol. The highest BCUT2D eigenvalue weighted by Gasteiger charge is 2.27. The third-order valence-electron chi connectivity index (χ3n) is 3.26. The highest BCUT2D eigenvalue weighted by atomic mass is 16.5. The molecule has 0 fully saturated rings. The number of benzene rings is 1. The molecule has 0 saturated heterocycles. The highest BCUT2D eigenvalue weighted by Crippen LogP contribution is 2.31. The van der Waals surface area contributed by atoms with Gasteiger partial charge in [0, 0.05) is 17.1 Å². The Morgan fingerprint density at radius 1 is 1.10 bits per heavy atom. The number of nitrogens with one attached hydrogen (secondary N) is 1. The average molecular weight is 277 g/mol. The number of hydrogen-bond donors (Lipinski definition) is 1. The van der Waals surface area contributed by atoms with E-state index >= 15 is 0 Å². The first-order chi connectivity index (χ1) is 9.14. The first kappa shape index (κ1) is 17.0. The second-order valence-electron chi connectivity index (χ2n) is 7.46. The summed E-state index contributed by atoms with van der Waals surface area (Å²) in [6.45, 7) is 16.4. The average Bonchev–Trinajstić information content (AvgIpc) is 2.25. The van der Waals surface area contributed by atoms with Gasteiger partial charge in [0.2, 0.25) is 0 Å². The van der Waals surface area contributed by atoms with E-state index in [1.165, 1.54) is 5.56 Å². The van der Waals surface area contributed by atoms with E-state index in [9.17, 15) is 0 Å². The zero-order valence-electron chi connectivity index (χ0n) is 14.2. The minimum Gasteiger partial charge on any atom is -0.494 e. The summed E-state index contributed by atoms with van der Waals surface area (Å²) in [7, 11) is 0. The molecule has 0 heterocycles. The lowest BCUT2D eigenvalue weighted by Crippen LogP contribution is -2.43. The van der Waals surface area contributed by atoms with Crippen molar-refractivity contribution in [1.82, 2.24) is 5.32 Å². The zero-order chi connectivity index (χ0) is 15.4. The second-order valence-corrected chi connectivity index (χ2v) is 7.46. The van der Waals surface area contributed by atoms with Gasteiger partial charge in [0.15, 0.2) is 0 Å². The van der Waals surface area contributed by atoms with Gasteiger partial charge in [0.25, 0.3) is 0 Å². The Labute approximate surface area is 124 Å². The molecule has 20 heavy (non-hydrogen) atoms. The topological polar surface area (TPSA) is 21.3 Å². The van der Waals surface area contributed by atoms with Crippen LogP contribution in [0.1, 0.15) is 66.5 Å². The Balaban J connectivity index is 2.83. The van der Waals surface area contributed by atoms with Gasteiger partial charge in [0.05, 0.1) is 6.61 Å².